The molecule has 1 saturated heterocycles. The van der Waals surface area contributed by atoms with Crippen molar-refractivity contribution < 1.29 is 14.3 Å². The first-order valence-electron chi connectivity index (χ1n) is 6.67. The van der Waals surface area contributed by atoms with Crippen molar-refractivity contribution in [3.05, 3.63) is 29.8 Å². The third-order valence-corrected chi connectivity index (χ3v) is 4.67. The fraction of sp³-hybridized carbons (Fsp3) is 0.500. The Morgan fingerprint density at radius 3 is 3.15 bits per heavy atom. The number of hydrazine groups is 1. The molecular formula is C14H20N2O3S. The van der Waals surface area contributed by atoms with E-state index in [2.05, 4.69) is 12.3 Å². The molecule has 0 saturated carbocycles. The van der Waals surface area contributed by atoms with Crippen molar-refractivity contribution >= 4 is 17.7 Å². The summed E-state index contributed by atoms with van der Waals surface area (Å²) in [7, 11) is 0. The first-order chi connectivity index (χ1) is 9.70. The molecule has 1 amide bonds. The fourth-order valence-electron chi connectivity index (χ4n) is 2.10. The van der Waals surface area contributed by atoms with E-state index >= 15 is 0 Å². The number of carbonyl (C=O) groups is 1. The molecule has 1 heterocycles. The van der Waals surface area contributed by atoms with Gasteiger partial charge in [0.05, 0.1) is 12.7 Å². The molecule has 6 heteroatoms. The lowest BCUT2D eigenvalue weighted by atomic mass is 10.2. The van der Waals surface area contributed by atoms with Gasteiger partial charge in [-0.15, -0.1) is 0 Å². The van der Waals surface area contributed by atoms with Crippen LogP contribution in [-0.2, 0) is 4.74 Å². The number of thioether (sulfide) groups is 1. The van der Waals surface area contributed by atoms with Gasteiger partial charge >= 0.3 is 0 Å². The molecule has 0 bridgehead atoms. The topological polar surface area (TPSA) is 73.6 Å². The van der Waals surface area contributed by atoms with Crippen LogP contribution in [0.2, 0.25) is 0 Å². The Morgan fingerprint density at radius 2 is 2.45 bits per heavy atom. The summed E-state index contributed by atoms with van der Waals surface area (Å²) in [5.41, 5.74) is 2.60. The molecule has 1 aliphatic heterocycles. The molecule has 0 radical (unpaired) electrons. The van der Waals surface area contributed by atoms with Crippen molar-refractivity contribution in [2.75, 3.05) is 19.0 Å². The van der Waals surface area contributed by atoms with Gasteiger partial charge in [0.1, 0.15) is 5.75 Å². The molecule has 1 fully saturated rings. The van der Waals surface area contributed by atoms with Crippen LogP contribution < -0.4 is 16.0 Å². The highest BCUT2D eigenvalue weighted by atomic mass is 32.2. The molecule has 5 nitrogen and oxygen atoms in total. The van der Waals surface area contributed by atoms with Crippen LogP contribution in [0.25, 0.3) is 0 Å². The molecule has 2 rings (SSSR count). The number of hydrogen-bond donors (Lipinski definition) is 2. The Bertz CT molecular complexity index is 456. The monoisotopic (exact) mass is 296 g/mol. The smallest absolute Gasteiger partial charge is 0.265 e. The third-order valence-electron chi connectivity index (χ3n) is 3.22. The number of nitrogen functional groups attached to an aromatic ring is 1. The van der Waals surface area contributed by atoms with Gasteiger partial charge in [-0.25, -0.2) is 5.84 Å². The Balaban J connectivity index is 1.75. The number of benzene rings is 1. The zero-order chi connectivity index (χ0) is 14.4. The fourth-order valence-corrected chi connectivity index (χ4v) is 3.20. The van der Waals surface area contributed by atoms with Gasteiger partial charge in [-0.1, -0.05) is 6.07 Å². The minimum Gasteiger partial charge on any atom is -0.493 e. The van der Waals surface area contributed by atoms with Gasteiger partial charge in [0.2, 0.25) is 0 Å². The zero-order valence-corrected chi connectivity index (χ0v) is 12.3. The van der Waals surface area contributed by atoms with Gasteiger partial charge in [-0.05, 0) is 31.5 Å². The predicted molar refractivity (Wildman–Crippen MR) is 79.9 cm³/mol. The van der Waals surface area contributed by atoms with E-state index in [4.69, 9.17) is 15.3 Å². The molecule has 0 aliphatic carbocycles. The van der Waals surface area contributed by atoms with E-state index in [1.54, 1.807) is 18.2 Å². The number of ether oxygens (including phenoxy) is 2. The summed E-state index contributed by atoms with van der Waals surface area (Å²) in [6, 6.07) is 6.99. The van der Waals surface area contributed by atoms with Gasteiger partial charge in [0, 0.05) is 23.2 Å². The Kier molecular flexibility index (Phi) is 5.70. The van der Waals surface area contributed by atoms with Crippen LogP contribution >= 0.6 is 11.8 Å². The summed E-state index contributed by atoms with van der Waals surface area (Å²) in [5, 5.41) is 0.563. The highest BCUT2D eigenvalue weighted by Gasteiger charge is 2.24. The average Bonchev–Trinajstić information content (AvgIpc) is 2.88. The normalized spacial score (nSPS) is 21.7. The molecule has 1 aromatic rings. The van der Waals surface area contributed by atoms with Crippen LogP contribution in [0, 0.1) is 0 Å². The van der Waals surface area contributed by atoms with Crippen molar-refractivity contribution in [3.63, 3.8) is 0 Å². The second-order valence-corrected chi connectivity index (χ2v) is 5.97. The van der Waals surface area contributed by atoms with Gasteiger partial charge in [-0.2, -0.15) is 11.8 Å². The molecule has 110 valence electrons. The first kappa shape index (κ1) is 15.2. The lowest BCUT2D eigenvalue weighted by Gasteiger charge is -2.13. The Hall–Kier alpha value is -1.24. The van der Waals surface area contributed by atoms with Crippen LogP contribution in [0.5, 0.6) is 5.75 Å². The molecule has 2 atom stereocenters. The zero-order valence-electron chi connectivity index (χ0n) is 11.5. The van der Waals surface area contributed by atoms with E-state index < -0.39 is 0 Å². The van der Waals surface area contributed by atoms with E-state index in [-0.39, 0.29) is 5.91 Å². The molecule has 1 aliphatic rings. The standard InChI is InChI=1S/C14H20N2O3S/c1-10-13(5-6-18-10)20-8-7-19-12-4-2-3-11(9-12)14(17)16-15/h2-4,9-10,13H,5-8,15H2,1H3,(H,16,17). The highest BCUT2D eigenvalue weighted by molar-refractivity contribution is 8.00. The summed E-state index contributed by atoms with van der Waals surface area (Å²) >= 11 is 1.88. The van der Waals surface area contributed by atoms with Crippen LogP contribution in [0.3, 0.4) is 0 Å². The van der Waals surface area contributed by atoms with E-state index in [1.807, 2.05) is 17.8 Å². The lowest BCUT2D eigenvalue weighted by molar-refractivity contribution is 0.0953. The number of carbonyl (C=O) groups excluding carboxylic acids is 1. The van der Waals surface area contributed by atoms with Crippen molar-refractivity contribution in [1.82, 2.24) is 5.43 Å². The highest BCUT2D eigenvalue weighted by Crippen LogP contribution is 2.26. The summed E-state index contributed by atoms with van der Waals surface area (Å²) in [6.45, 7) is 3.58. The molecule has 1 aromatic carbocycles. The number of amides is 1. The SMILES string of the molecule is CC1OCCC1SCCOc1cccc(C(=O)NN)c1. The van der Waals surface area contributed by atoms with Crippen LogP contribution in [0.1, 0.15) is 23.7 Å². The maximum absolute atomic E-state index is 11.4. The quantitative estimate of drug-likeness (QED) is 0.361. The number of nitrogens with one attached hydrogen (secondary N) is 1. The van der Waals surface area contributed by atoms with Gasteiger partial charge in [0.15, 0.2) is 0 Å². The van der Waals surface area contributed by atoms with Crippen LogP contribution in [0.15, 0.2) is 24.3 Å². The molecule has 20 heavy (non-hydrogen) atoms. The Morgan fingerprint density at radius 1 is 1.60 bits per heavy atom. The lowest BCUT2D eigenvalue weighted by Crippen LogP contribution is -2.29. The summed E-state index contributed by atoms with van der Waals surface area (Å²) < 4.78 is 11.2. The summed E-state index contributed by atoms with van der Waals surface area (Å²) in [5.74, 6) is 6.38. The maximum Gasteiger partial charge on any atom is 0.265 e. The number of rotatable bonds is 6. The van der Waals surface area contributed by atoms with Crippen molar-refractivity contribution in [2.45, 2.75) is 24.7 Å². The van der Waals surface area contributed by atoms with Gasteiger partial charge in [0.25, 0.3) is 5.91 Å². The Labute approximate surface area is 123 Å². The molecular weight excluding hydrogens is 276 g/mol. The number of hydrogen-bond acceptors (Lipinski definition) is 5. The van der Waals surface area contributed by atoms with E-state index in [0.717, 1.165) is 18.8 Å². The maximum atomic E-state index is 11.4. The van der Waals surface area contributed by atoms with Crippen molar-refractivity contribution in [1.29, 1.82) is 0 Å². The second kappa shape index (κ2) is 7.52. The molecule has 3 N–H and O–H groups in total. The van der Waals surface area contributed by atoms with Crippen LogP contribution in [0.4, 0.5) is 0 Å². The van der Waals surface area contributed by atoms with Crippen LogP contribution in [-0.4, -0.2) is 36.2 Å². The van der Waals surface area contributed by atoms with E-state index in [9.17, 15) is 4.79 Å². The first-order valence-corrected chi connectivity index (χ1v) is 7.72. The molecule has 2 unspecified atom stereocenters. The third kappa shape index (κ3) is 4.13. The predicted octanol–water partition coefficient (Wildman–Crippen LogP) is 1.58. The number of nitrogens with two attached hydrogens (primary N) is 1. The van der Waals surface area contributed by atoms with Crippen molar-refractivity contribution in [3.8, 4) is 5.75 Å². The van der Waals surface area contributed by atoms with Crippen molar-refractivity contribution in [2.24, 2.45) is 5.84 Å². The largest absolute Gasteiger partial charge is 0.493 e. The average molecular weight is 296 g/mol. The summed E-state index contributed by atoms with van der Waals surface area (Å²) in [4.78, 5) is 11.4. The minimum atomic E-state index is -0.318. The van der Waals surface area contributed by atoms with E-state index in [0.29, 0.717) is 29.3 Å². The second-order valence-electron chi connectivity index (χ2n) is 4.62. The summed E-state index contributed by atoms with van der Waals surface area (Å²) in [6.07, 6.45) is 1.44. The van der Waals surface area contributed by atoms with Gasteiger partial charge < -0.3 is 9.47 Å². The minimum absolute atomic E-state index is 0.318. The van der Waals surface area contributed by atoms with Gasteiger partial charge in [-0.3, -0.25) is 10.2 Å². The molecule has 0 aromatic heterocycles. The molecule has 0 spiro atoms. The van der Waals surface area contributed by atoms with E-state index in [1.165, 1.54) is 0 Å².